The number of carbonyl (C=O) groups excluding carboxylic acids is 2. The molecule has 0 fully saturated rings. The van der Waals surface area contributed by atoms with Crippen LogP contribution in [0.4, 0.5) is 5.69 Å². The zero-order chi connectivity index (χ0) is 28.4. The third-order valence-corrected chi connectivity index (χ3v) is 8.46. The second kappa shape index (κ2) is 14.1. The number of unbranched alkanes of at least 4 members (excludes halogenated alkanes) is 1. The number of sulfonamides is 1. The van der Waals surface area contributed by atoms with Crippen molar-refractivity contribution in [1.29, 1.82) is 0 Å². The Morgan fingerprint density at radius 3 is 2.18 bits per heavy atom. The fourth-order valence-corrected chi connectivity index (χ4v) is 6.06. The van der Waals surface area contributed by atoms with Crippen LogP contribution in [-0.2, 0) is 26.2 Å². The molecule has 0 aromatic heterocycles. The molecule has 9 heteroatoms. The van der Waals surface area contributed by atoms with Gasteiger partial charge in [0.1, 0.15) is 12.6 Å². The summed E-state index contributed by atoms with van der Waals surface area (Å²) >= 11 is 6.16. The summed E-state index contributed by atoms with van der Waals surface area (Å²) in [6.07, 6.45) is 2.13. The van der Waals surface area contributed by atoms with Crippen LogP contribution in [0.2, 0.25) is 5.02 Å². The second-order valence-corrected chi connectivity index (χ2v) is 11.6. The molecule has 39 heavy (non-hydrogen) atoms. The fraction of sp³-hybridized carbons (Fsp3) is 0.333. The number of hydrogen-bond acceptors (Lipinski definition) is 4. The van der Waals surface area contributed by atoms with Crippen molar-refractivity contribution in [2.24, 2.45) is 0 Å². The summed E-state index contributed by atoms with van der Waals surface area (Å²) in [5.74, 6) is -0.736. The Bertz CT molecular complexity index is 1350. The highest BCUT2D eigenvalue weighted by atomic mass is 35.5. The van der Waals surface area contributed by atoms with Gasteiger partial charge in [0, 0.05) is 18.1 Å². The van der Waals surface area contributed by atoms with E-state index < -0.39 is 28.5 Å². The molecule has 0 saturated carbocycles. The third kappa shape index (κ3) is 7.83. The number of nitrogens with zero attached hydrogens (tertiary/aromatic N) is 2. The number of benzene rings is 3. The van der Waals surface area contributed by atoms with Crippen molar-refractivity contribution in [3.63, 3.8) is 0 Å². The molecule has 1 atom stereocenters. The van der Waals surface area contributed by atoms with E-state index in [9.17, 15) is 18.0 Å². The first kappa shape index (κ1) is 30.2. The van der Waals surface area contributed by atoms with Crippen LogP contribution >= 0.6 is 11.6 Å². The number of carbonyl (C=O) groups is 2. The van der Waals surface area contributed by atoms with Crippen LogP contribution in [0.25, 0.3) is 0 Å². The number of aryl methyl sites for hydroxylation is 1. The summed E-state index contributed by atoms with van der Waals surface area (Å²) in [5, 5.41) is 3.39. The van der Waals surface area contributed by atoms with Gasteiger partial charge in [0.25, 0.3) is 10.0 Å². The molecular formula is C30H36ClN3O4S. The second-order valence-electron chi connectivity index (χ2n) is 9.33. The molecule has 3 aromatic carbocycles. The summed E-state index contributed by atoms with van der Waals surface area (Å²) < 4.78 is 28.9. The lowest BCUT2D eigenvalue weighted by Gasteiger charge is -2.33. The van der Waals surface area contributed by atoms with E-state index in [4.69, 9.17) is 11.6 Å². The van der Waals surface area contributed by atoms with Gasteiger partial charge in [0.05, 0.1) is 10.6 Å². The van der Waals surface area contributed by atoms with E-state index in [1.807, 2.05) is 44.2 Å². The van der Waals surface area contributed by atoms with Crippen molar-refractivity contribution < 1.29 is 18.0 Å². The van der Waals surface area contributed by atoms with Crippen molar-refractivity contribution in [3.05, 3.63) is 95.0 Å². The highest BCUT2D eigenvalue weighted by Gasteiger charge is 2.34. The summed E-state index contributed by atoms with van der Waals surface area (Å²) in [5.41, 5.74) is 1.79. The lowest BCUT2D eigenvalue weighted by atomic mass is 10.1. The minimum absolute atomic E-state index is 0.0612. The van der Waals surface area contributed by atoms with Crippen molar-refractivity contribution in [2.45, 2.75) is 57.5 Å². The number of halogens is 1. The Labute approximate surface area is 236 Å². The molecule has 0 aliphatic carbocycles. The molecule has 3 aromatic rings. The van der Waals surface area contributed by atoms with Gasteiger partial charge in [0.2, 0.25) is 11.8 Å². The van der Waals surface area contributed by atoms with Crippen LogP contribution in [0.3, 0.4) is 0 Å². The Kier molecular flexibility index (Phi) is 10.9. The molecule has 0 aliphatic heterocycles. The largest absolute Gasteiger partial charge is 0.354 e. The molecule has 2 amide bonds. The smallest absolute Gasteiger partial charge is 0.264 e. The highest BCUT2D eigenvalue weighted by Crippen LogP contribution is 2.29. The molecule has 3 rings (SSSR count). The first-order chi connectivity index (χ1) is 18.7. The molecule has 0 aliphatic rings. The van der Waals surface area contributed by atoms with Crippen molar-refractivity contribution in [2.75, 3.05) is 17.4 Å². The van der Waals surface area contributed by atoms with E-state index in [1.54, 1.807) is 43.3 Å². The predicted molar refractivity (Wildman–Crippen MR) is 156 cm³/mol. The number of rotatable bonds is 13. The van der Waals surface area contributed by atoms with E-state index in [0.717, 1.165) is 22.7 Å². The monoisotopic (exact) mass is 569 g/mol. The third-order valence-electron chi connectivity index (χ3n) is 6.45. The van der Waals surface area contributed by atoms with Gasteiger partial charge in [-0.3, -0.25) is 13.9 Å². The van der Waals surface area contributed by atoms with Crippen LogP contribution in [0.15, 0.2) is 83.8 Å². The van der Waals surface area contributed by atoms with E-state index >= 15 is 0 Å². The zero-order valence-corrected chi connectivity index (χ0v) is 24.2. The van der Waals surface area contributed by atoms with E-state index in [1.165, 1.54) is 17.0 Å². The van der Waals surface area contributed by atoms with E-state index in [0.29, 0.717) is 29.2 Å². The Hall–Kier alpha value is -3.36. The van der Waals surface area contributed by atoms with Crippen molar-refractivity contribution >= 4 is 39.1 Å². The standard InChI is InChI=1S/C30H36ClN3O4S/c1-4-6-19-32-30(36)27(5-2)33(21-24-13-9-7-10-14-24)29(35)22-34(28-18-17-25(31)20-23(28)3)39(37,38)26-15-11-8-12-16-26/h7-18,20,27H,4-6,19,21-22H2,1-3H3,(H,32,36). The number of amides is 2. The van der Waals surface area contributed by atoms with Crippen molar-refractivity contribution in [1.82, 2.24) is 10.2 Å². The first-order valence-electron chi connectivity index (χ1n) is 13.1. The predicted octanol–water partition coefficient (Wildman–Crippen LogP) is 5.57. The molecule has 0 radical (unpaired) electrons. The average molecular weight is 570 g/mol. The van der Waals surface area contributed by atoms with Gasteiger partial charge in [0.15, 0.2) is 0 Å². The van der Waals surface area contributed by atoms with Gasteiger partial charge in [-0.2, -0.15) is 0 Å². The molecule has 0 heterocycles. The fourth-order valence-electron chi connectivity index (χ4n) is 4.34. The summed E-state index contributed by atoms with van der Waals surface area (Å²) in [7, 11) is -4.12. The Balaban J connectivity index is 2.04. The van der Waals surface area contributed by atoms with Gasteiger partial charge in [-0.05, 0) is 61.2 Å². The quantitative estimate of drug-likeness (QED) is 0.273. The van der Waals surface area contributed by atoms with Gasteiger partial charge in [-0.25, -0.2) is 8.42 Å². The maximum Gasteiger partial charge on any atom is 0.264 e. The van der Waals surface area contributed by atoms with Gasteiger partial charge >= 0.3 is 0 Å². The SMILES string of the molecule is CCCCNC(=O)C(CC)N(Cc1ccccc1)C(=O)CN(c1ccc(Cl)cc1C)S(=O)(=O)c1ccccc1. The molecule has 0 spiro atoms. The summed E-state index contributed by atoms with van der Waals surface area (Å²) in [6.45, 7) is 5.82. The molecular weight excluding hydrogens is 534 g/mol. The topological polar surface area (TPSA) is 86.8 Å². The zero-order valence-electron chi connectivity index (χ0n) is 22.6. The van der Waals surface area contributed by atoms with Crippen LogP contribution in [0.1, 0.15) is 44.2 Å². The number of hydrogen-bond donors (Lipinski definition) is 1. The van der Waals surface area contributed by atoms with E-state index in [-0.39, 0.29) is 17.3 Å². The lowest BCUT2D eigenvalue weighted by Crippen LogP contribution is -2.52. The van der Waals surface area contributed by atoms with E-state index in [2.05, 4.69) is 5.32 Å². The highest BCUT2D eigenvalue weighted by molar-refractivity contribution is 7.92. The molecule has 1 unspecified atom stereocenters. The van der Waals surface area contributed by atoms with Crippen molar-refractivity contribution in [3.8, 4) is 0 Å². The molecule has 0 saturated heterocycles. The van der Waals surface area contributed by atoms with Gasteiger partial charge < -0.3 is 10.2 Å². The van der Waals surface area contributed by atoms with Crippen LogP contribution < -0.4 is 9.62 Å². The Morgan fingerprint density at radius 2 is 1.59 bits per heavy atom. The molecule has 1 N–H and O–H groups in total. The molecule has 7 nitrogen and oxygen atoms in total. The molecule has 0 bridgehead atoms. The minimum Gasteiger partial charge on any atom is -0.354 e. The maximum absolute atomic E-state index is 14.0. The van der Waals surface area contributed by atoms with Gasteiger partial charge in [-0.15, -0.1) is 0 Å². The maximum atomic E-state index is 14.0. The van der Waals surface area contributed by atoms with Crippen LogP contribution in [-0.4, -0.2) is 44.3 Å². The van der Waals surface area contributed by atoms with Crippen LogP contribution in [0, 0.1) is 6.92 Å². The summed E-state index contributed by atoms with van der Waals surface area (Å²) in [6, 6.07) is 21.4. The Morgan fingerprint density at radius 1 is 0.949 bits per heavy atom. The number of anilines is 1. The molecule has 208 valence electrons. The normalized spacial score (nSPS) is 12.0. The number of nitrogens with one attached hydrogen (secondary N) is 1. The van der Waals surface area contributed by atoms with Crippen LogP contribution in [0.5, 0.6) is 0 Å². The average Bonchev–Trinajstić information content (AvgIpc) is 2.93. The lowest BCUT2D eigenvalue weighted by molar-refractivity contribution is -0.140. The summed E-state index contributed by atoms with van der Waals surface area (Å²) in [4.78, 5) is 28.8. The minimum atomic E-state index is -4.12. The van der Waals surface area contributed by atoms with Gasteiger partial charge in [-0.1, -0.05) is 80.4 Å². The first-order valence-corrected chi connectivity index (χ1v) is 15.0.